The van der Waals surface area contributed by atoms with Gasteiger partial charge in [-0.3, -0.25) is 9.55 Å². The van der Waals surface area contributed by atoms with E-state index in [9.17, 15) is 5.26 Å². The van der Waals surface area contributed by atoms with Crippen LogP contribution in [0, 0.1) is 11.3 Å². The van der Waals surface area contributed by atoms with Gasteiger partial charge in [-0.1, -0.05) is 124 Å². The van der Waals surface area contributed by atoms with Crippen molar-refractivity contribution >= 4 is 50.6 Å². The average molecular weight is 661 g/mol. The first-order valence-corrected chi connectivity index (χ1v) is 19.0. The lowest BCUT2D eigenvalue weighted by atomic mass is 9.88. The van der Waals surface area contributed by atoms with Gasteiger partial charge in [0.25, 0.3) is 0 Å². The minimum Gasteiger partial charge on any atom is -0.294 e. The van der Waals surface area contributed by atoms with Crippen LogP contribution in [0.1, 0.15) is 31.9 Å². The zero-order chi connectivity index (χ0) is 34.3. The molecule has 8 aromatic rings. The highest BCUT2D eigenvalue weighted by molar-refractivity contribution is 7.20. The Balaban J connectivity index is 1.49. The van der Waals surface area contributed by atoms with Gasteiger partial charge in [-0.2, -0.15) is 5.26 Å². The fourth-order valence-electron chi connectivity index (χ4n) is 7.40. The van der Waals surface area contributed by atoms with Gasteiger partial charge >= 0.3 is 0 Å². The van der Waals surface area contributed by atoms with E-state index in [1.165, 1.54) is 26.3 Å². The van der Waals surface area contributed by atoms with Crippen LogP contribution in [0.25, 0.3) is 38.9 Å². The van der Waals surface area contributed by atoms with Gasteiger partial charge in [0.1, 0.15) is 5.82 Å². The number of aromatic nitrogens is 3. The van der Waals surface area contributed by atoms with Crippen molar-refractivity contribution in [3.63, 3.8) is 0 Å². The lowest BCUT2D eigenvalue weighted by molar-refractivity contribution is 0.588. The maximum atomic E-state index is 9.88. The summed E-state index contributed by atoms with van der Waals surface area (Å²) in [6.45, 7) is 6.69. The quantitative estimate of drug-likeness (QED) is 0.135. The van der Waals surface area contributed by atoms with E-state index in [2.05, 4.69) is 159 Å². The third-order valence-electron chi connectivity index (χ3n) is 9.84. The molecule has 240 valence electrons. The highest BCUT2D eigenvalue weighted by atomic mass is 28.3. The summed E-state index contributed by atoms with van der Waals surface area (Å²) in [6.07, 6.45) is 3.77. The van der Waals surface area contributed by atoms with E-state index in [1.807, 2.05) is 36.7 Å². The van der Waals surface area contributed by atoms with Crippen LogP contribution >= 0.6 is 0 Å². The second-order valence-electron chi connectivity index (χ2n) is 13.8. The summed E-state index contributed by atoms with van der Waals surface area (Å²) >= 11 is 0. The van der Waals surface area contributed by atoms with Gasteiger partial charge in [-0.05, 0) is 80.3 Å². The summed E-state index contributed by atoms with van der Waals surface area (Å²) in [5.41, 5.74) is 5.94. The first-order valence-electron chi connectivity index (χ1n) is 17.0. The van der Waals surface area contributed by atoms with Gasteiger partial charge in [0.05, 0.1) is 28.4 Å². The Morgan fingerprint density at radius 3 is 1.94 bits per heavy atom. The summed E-state index contributed by atoms with van der Waals surface area (Å²) in [6, 6.07) is 56.7. The molecule has 5 heteroatoms. The zero-order valence-corrected chi connectivity index (χ0v) is 29.4. The van der Waals surface area contributed by atoms with Gasteiger partial charge < -0.3 is 0 Å². The maximum Gasteiger partial charge on any atom is 0.179 e. The predicted octanol–water partition coefficient (Wildman–Crippen LogP) is 7.79. The molecule has 0 unspecified atom stereocenters. The molecule has 0 N–H and O–H groups in total. The minimum absolute atomic E-state index is 0.0447. The van der Waals surface area contributed by atoms with Crippen molar-refractivity contribution in [2.24, 2.45) is 0 Å². The molecule has 50 heavy (non-hydrogen) atoms. The molecule has 0 saturated heterocycles. The van der Waals surface area contributed by atoms with Crippen LogP contribution < -0.4 is 20.7 Å². The number of nitrogens with zero attached hydrogens (tertiary/aromatic N) is 4. The van der Waals surface area contributed by atoms with Crippen molar-refractivity contribution in [3.05, 3.63) is 175 Å². The topological polar surface area (TPSA) is 54.5 Å². The molecular weight excluding hydrogens is 625 g/mol. The van der Waals surface area contributed by atoms with E-state index in [-0.39, 0.29) is 5.41 Å². The van der Waals surface area contributed by atoms with E-state index in [4.69, 9.17) is 9.97 Å². The normalized spacial score (nSPS) is 11.9. The van der Waals surface area contributed by atoms with Crippen LogP contribution in [0.4, 0.5) is 0 Å². The summed E-state index contributed by atoms with van der Waals surface area (Å²) in [5, 5.41) is 17.1. The summed E-state index contributed by atoms with van der Waals surface area (Å²) in [5.74, 6) is 0.864. The number of nitriles is 1. The molecule has 4 nitrogen and oxygen atoms in total. The van der Waals surface area contributed by atoms with Crippen LogP contribution in [0.15, 0.2) is 164 Å². The van der Waals surface area contributed by atoms with Crippen molar-refractivity contribution in [1.82, 2.24) is 14.5 Å². The molecule has 0 aliphatic carbocycles. The molecule has 0 aliphatic rings. The average Bonchev–Trinajstić information content (AvgIpc) is 3.49. The molecule has 0 atom stereocenters. The molecule has 0 spiro atoms. The van der Waals surface area contributed by atoms with E-state index in [0.29, 0.717) is 5.56 Å². The van der Waals surface area contributed by atoms with Gasteiger partial charge in [0.15, 0.2) is 8.07 Å². The van der Waals surface area contributed by atoms with Crippen molar-refractivity contribution in [2.75, 3.05) is 0 Å². The summed E-state index contributed by atoms with van der Waals surface area (Å²) in [4.78, 5) is 9.67. The Bertz CT molecular complexity index is 2490. The van der Waals surface area contributed by atoms with Gasteiger partial charge in [0.2, 0.25) is 0 Å². The van der Waals surface area contributed by atoms with Crippen LogP contribution in [0.5, 0.6) is 0 Å². The molecule has 0 radical (unpaired) electrons. The fourth-order valence-corrected chi connectivity index (χ4v) is 12.2. The molecule has 5 aromatic carbocycles. The van der Waals surface area contributed by atoms with Crippen molar-refractivity contribution in [2.45, 2.75) is 26.2 Å². The molecule has 0 bridgehead atoms. The van der Waals surface area contributed by atoms with Crippen LogP contribution in [-0.4, -0.2) is 22.6 Å². The first kappa shape index (κ1) is 31.2. The van der Waals surface area contributed by atoms with E-state index in [0.717, 1.165) is 38.9 Å². The van der Waals surface area contributed by atoms with Crippen molar-refractivity contribution in [1.29, 1.82) is 5.26 Å². The van der Waals surface area contributed by atoms with E-state index < -0.39 is 8.07 Å². The first-order chi connectivity index (χ1) is 24.4. The maximum absolute atomic E-state index is 9.88. The molecule has 0 aliphatic heterocycles. The largest absolute Gasteiger partial charge is 0.294 e. The molecule has 3 aromatic heterocycles. The Morgan fingerprint density at radius 1 is 0.560 bits per heavy atom. The molecule has 0 saturated carbocycles. The number of rotatable bonds is 6. The van der Waals surface area contributed by atoms with Crippen molar-refractivity contribution < 1.29 is 0 Å². The minimum atomic E-state index is -2.93. The zero-order valence-electron chi connectivity index (χ0n) is 28.4. The Hall–Kier alpha value is -6.09. The third-order valence-corrected chi connectivity index (χ3v) is 14.6. The van der Waals surface area contributed by atoms with E-state index in [1.54, 1.807) is 0 Å². The van der Waals surface area contributed by atoms with Gasteiger partial charge in [-0.25, -0.2) is 4.98 Å². The number of hydrogen-bond acceptors (Lipinski definition) is 3. The van der Waals surface area contributed by atoms with Gasteiger partial charge in [0, 0.05) is 28.7 Å². The second kappa shape index (κ2) is 12.4. The van der Waals surface area contributed by atoms with Crippen LogP contribution in [0.2, 0.25) is 0 Å². The Morgan fingerprint density at radius 2 is 1.26 bits per heavy atom. The summed E-state index contributed by atoms with van der Waals surface area (Å²) in [7, 11) is -2.93. The second-order valence-corrected chi connectivity index (χ2v) is 17.7. The van der Waals surface area contributed by atoms with E-state index >= 15 is 0 Å². The van der Waals surface area contributed by atoms with Crippen LogP contribution in [-0.2, 0) is 5.41 Å². The Kier molecular flexibility index (Phi) is 7.74. The van der Waals surface area contributed by atoms with Crippen LogP contribution in [0.3, 0.4) is 0 Å². The molecule has 0 fully saturated rings. The fraction of sp³-hybridized carbons (Fsp3) is 0.0889. The van der Waals surface area contributed by atoms with Gasteiger partial charge in [-0.15, -0.1) is 0 Å². The Labute approximate surface area is 294 Å². The lowest BCUT2D eigenvalue weighted by Crippen LogP contribution is -2.74. The number of hydrogen-bond donors (Lipinski definition) is 0. The standard InChI is InChI=1S/C45H36N4Si/c1-45(2,3)34-24-26-48-44(29-34)49-42-23-20-32(31-46)27-40(42)39-22-21-38(30-43(39)49)50(35-14-6-4-7-15-35,36-16-8-5-9-17-36)37-18-12-13-33(28-37)41-19-10-11-25-47-41/h4-30H,1-3H3. The lowest BCUT2D eigenvalue weighted by Gasteiger charge is -2.35. The number of fused-ring (bicyclic) bond motifs is 3. The number of benzene rings is 5. The predicted molar refractivity (Wildman–Crippen MR) is 209 cm³/mol. The van der Waals surface area contributed by atoms with Crippen molar-refractivity contribution in [3.8, 4) is 23.1 Å². The highest BCUT2D eigenvalue weighted by Crippen LogP contribution is 2.33. The molecule has 0 amide bonds. The number of pyridine rings is 2. The SMILES string of the molecule is CC(C)(C)c1ccnc(-n2c3ccc(C#N)cc3c3ccc([Si](c4ccccc4)(c4ccccc4)c4cccc(-c5ccccn5)c4)cc32)c1. The summed E-state index contributed by atoms with van der Waals surface area (Å²) < 4.78 is 2.28. The molecule has 3 heterocycles. The molecule has 8 rings (SSSR count). The monoisotopic (exact) mass is 660 g/mol. The highest BCUT2D eigenvalue weighted by Gasteiger charge is 2.42. The molecular formula is C45H36N4Si. The third kappa shape index (κ3) is 5.22. The smallest absolute Gasteiger partial charge is 0.179 e.